The van der Waals surface area contributed by atoms with Crippen LogP contribution in [0.25, 0.3) is 0 Å². The lowest BCUT2D eigenvalue weighted by Gasteiger charge is -2.07. The first-order valence-electron chi connectivity index (χ1n) is 6.22. The third-order valence-electron chi connectivity index (χ3n) is 3.26. The van der Waals surface area contributed by atoms with Crippen LogP contribution in [0.15, 0.2) is 36.4 Å². The van der Waals surface area contributed by atoms with E-state index in [9.17, 15) is 9.59 Å². The molecular weight excluding hydrogens is 256 g/mol. The Morgan fingerprint density at radius 3 is 2.30 bits per heavy atom. The number of carbonyl (C=O) groups excluding carboxylic acids is 1. The molecule has 5 heteroatoms. The molecule has 0 spiro atoms. The van der Waals surface area contributed by atoms with Gasteiger partial charge in [0.2, 0.25) is 0 Å². The van der Waals surface area contributed by atoms with Gasteiger partial charge >= 0.3 is 5.97 Å². The zero-order valence-electron chi connectivity index (χ0n) is 11.4. The third-order valence-corrected chi connectivity index (χ3v) is 3.26. The number of rotatable bonds is 4. The van der Waals surface area contributed by atoms with E-state index in [1.54, 1.807) is 18.2 Å². The summed E-state index contributed by atoms with van der Waals surface area (Å²) in [5, 5.41) is 11.6. The number of aromatic nitrogens is 1. The zero-order chi connectivity index (χ0) is 14.7. The van der Waals surface area contributed by atoms with Gasteiger partial charge in [-0.25, -0.2) is 4.79 Å². The van der Waals surface area contributed by atoms with E-state index in [4.69, 9.17) is 5.11 Å². The topological polar surface area (TPSA) is 71.3 Å². The third kappa shape index (κ3) is 2.88. The van der Waals surface area contributed by atoms with Crippen molar-refractivity contribution in [2.24, 2.45) is 7.05 Å². The fourth-order valence-corrected chi connectivity index (χ4v) is 1.88. The molecule has 0 radical (unpaired) electrons. The monoisotopic (exact) mass is 272 g/mol. The molecule has 0 saturated heterocycles. The highest BCUT2D eigenvalue weighted by atomic mass is 16.4. The van der Waals surface area contributed by atoms with E-state index >= 15 is 0 Å². The summed E-state index contributed by atoms with van der Waals surface area (Å²) in [5.41, 5.74) is 2.71. The number of aryl methyl sites for hydroxylation is 1. The molecule has 2 aromatic rings. The molecular formula is C15H16N2O3. The molecule has 2 N–H and O–H groups in total. The molecule has 20 heavy (non-hydrogen) atoms. The smallest absolute Gasteiger partial charge is 0.335 e. The van der Waals surface area contributed by atoms with E-state index in [1.807, 2.05) is 24.6 Å². The minimum atomic E-state index is -0.958. The van der Waals surface area contributed by atoms with E-state index in [1.165, 1.54) is 12.1 Å². The quantitative estimate of drug-likeness (QED) is 0.893. The van der Waals surface area contributed by atoms with E-state index in [-0.39, 0.29) is 11.5 Å². The Kier molecular flexibility index (Phi) is 3.89. The highest BCUT2D eigenvalue weighted by Gasteiger charge is 2.10. The van der Waals surface area contributed by atoms with E-state index in [0.717, 1.165) is 11.3 Å². The van der Waals surface area contributed by atoms with Gasteiger partial charge in [0.05, 0.1) is 5.56 Å². The molecule has 0 fully saturated rings. The van der Waals surface area contributed by atoms with Crippen LogP contribution in [0.3, 0.4) is 0 Å². The van der Waals surface area contributed by atoms with Crippen LogP contribution in [-0.4, -0.2) is 21.6 Å². The Morgan fingerprint density at radius 2 is 1.80 bits per heavy atom. The van der Waals surface area contributed by atoms with Crippen molar-refractivity contribution < 1.29 is 14.7 Å². The summed E-state index contributed by atoms with van der Waals surface area (Å²) in [6.07, 6.45) is 0. The molecule has 0 aliphatic rings. The van der Waals surface area contributed by atoms with Gasteiger partial charge in [0.15, 0.2) is 0 Å². The largest absolute Gasteiger partial charge is 0.478 e. The van der Waals surface area contributed by atoms with Crippen molar-refractivity contribution in [1.29, 1.82) is 0 Å². The molecule has 1 heterocycles. The number of nitrogens with zero attached hydrogens (tertiary/aromatic N) is 1. The fourth-order valence-electron chi connectivity index (χ4n) is 1.88. The molecule has 0 aliphatic carbocycles. The maximum Gasteiger partial charge on any atom is 0.335 e. The average molecular weight is 272 g/mol. The van der Waals surface area contributed by atoms with Crippen molar-refractivity contribution >= 4 is 11.9 Å². The predicted octanol–water partition coefficient (Wildman–Crippen LogP) is 1.96. The van der Waals surface area contributed by atoms with Gasteiger partial charge in [-0.2, -0.15) is 0 Å². The lowest BCUT2D eigenvalue weighted by molar-refractivity contribution is 0.0696. The minimum Gasteiger partial charge on any atom is -0.478 e. The standard InChI is InChI=1S/C15H16N2O3/c1-10-3-8-13(17(10)2)14(18)16-9-11-4-6-12(7-5-11)15(19)20/h3-8H,9H2,1-2H3,(H,16,18)(H,19,20). The van der Waals surface area contributed by atoms with Crippen LogP contribution in [0, 0.1) is 6.92 Å². The highest BCUT2D eigenvalue weighted by molar-refractivity contribution is 5.92. The number of carboxylic acids is 1. The maximum absolute atomic E-state index is 12.0. The normalized spacial score (nSPS) is 10.3. The van der Waals surface area contributed by atoms with E-state index in [0.29, 0.717) is 12.2 Å². The van der Waals surface area contributed by atoms with Gasteiger partial charge in [-0.15, -0.1) is 0 Å². The Hall–Kier alpha value is -2.56. The number of hydrogen-bond donors (Lipinski definition) is 2. The number of carboxylic acid groups (broad SMARTS) is 1. The summed E-state index contributed by atoms with van der Waals surface area (Å²) in [5.74, 6) is -1.11. The molecule has 104 valence electrons. The van der Waals surface area contributed by atoms with Gasteiger partial charge < -0.3 is 15.0 Å². The molecule has 0 bridgehead atoms. The lowest BCUT2D eigenvalue weighted by Crippen LogP contribution is -2.25. The van der Waals surface area contributed by atoms with Crippen LogP contribution in [0.2, 0.25) is 0 Å². The summed E-state index contributed by atoms with van der Waals surface area (Å²) in [6.45, 7) is 2.30. The van der Waals surface area contributed by atoms with Crippen LogP contribution in [0.4, 0.5) is 0 Å². The Bertz CT molecular complexity index is 642. The number of hydrogen-bond acceptors (Lipinski definition) is 2. The SMILES string of the molecule is Cc1ccc(C(=O)NCc2ccc(C(=O)O)cc2)n1C. The second kappa shape index (κ2) is 5.61. The van der Waals surface area contributed by atoms with Crippen LogP contribution in [-0.2, 0) is 13.6 Å². The van der Waals surface area contributed by atoms with Gasteiger partial charge in [-0.05, 0) is 36.8 Å². The molecule has 1 aromatic carbocycles. The maximum atomic E-state index is 12.0. The Labute approximate surface area is 116 Å². The van der Waals surface area contributed by atoms with Crippen LogP contribution in [0.1, 0.15) is 32.1 Å². The summed E-state index contributed by atoms with van der Waals surface area (Å²) in [7, 11) is 1.84. The zero-order valence-corrected chi connectivity index (χ0v) is 11.4. The predicted molar refractivity (Wildman–Crippen MR) is 74.7 cm³/mol. The van der Waals surface area contributed by atoms with Crippen molar-refractivity contribution in [2.75, 3.05) is 0 Å². The van der Waals surface area contributed by atoms with Crippen molar-refractivity contribution in [3.8, 4) is 0 Å². The van der Waals surface area contributed by atoms with Crippen molar-refractivity contribution in [2.45, 2.75) is 13.5 Å². The number of benzene rings is 1. The van der Waals surface area contributed by atoms with Gasteiger partial charge in [-0.1, -0.05) is 12.1 Å². The van der Waals surface area contributed by atoms with Crippen LogP contribution < -0.4 is 5.32 Å². The van der Waals surface area contributed by atoms with Gasteiger partial charge in [0, 0.05) is 19.3 Å². The fraction of sp³-hybridized carbons (Fsp3) is 0.200. The molecule has 1 amide bonds. The summed E-state index contributed by atoms with van der Waals surface area (Å²) in [4.78, 5) is 22.7. The van der Waals surface area contributed by atoms with E-state index in [2.05, 4.69) is 5.32 Å². The first-order chi connectivity index (χ1) is 9.49. The van der Waals surface area contributed by atoms with Crippen molar-refractivity contribution in [1.82, 2.24) is 9.88 Å². The Morgan fingerprint density at radius 1 is 1.15 bits per heavy atom. The molecule has 5 nitrogen and oxygen atoms in total. The highest BCUT2D eigenvalue weighted by Crippen LogP contribution is 2.07. The molecule has 0 atom stereocenters. The molecule has 1 aromatic heterocycles. The molecule has 0 aliphatic heterocycles. The van der Waals surface area contributed by atoms with Crippen LogP contribution >= 0.6 is 0 Å². The van der Waals surface area contributed by atoms with Crippen LogP contribution in [0.5, 0.6) is 0 Å². The number of nitrogens with one attached hydrogen (secondary N) is 1. The first kappa shape index (κ1) is 13.9. The first-order valence-corrected chi connectivity index (χ1v) is 6.22. The summed E-state index contributed by atoms with van der Waals surface area (Å²) >= 11 is 0. The number of aromatic carboxylic acids is 1. The molecule has 0 saturated carbocycles. The van der Waals surface area contributed by atoms with Gasteiger partial charge in [0.1, 0.15) is 5.69 Å². The van der Waals surface area contributed by atoms with Gasteiger partial charge in [-0.3, -0.25) is 4.79 Å². The van der Waals surface area contributed by atoms with Crippen molar-refractivity contribution in [3.05, 3.63) is 58.9 Å². The van der Waals surface area contributed by atoms with Crippen molar-refractivity contribution in [3.63, 3.8) is 0 Å². The molecule has 2 rings (SSSR count). The second-order valence-corrected chi connectivity index (χ2v) is 4.60. The number of carbonyl (C=O) groups is 2. The average Bonchev–Trinajstić information content (AvgIpc) is 2.77. The second-order valence-electron chi connectivity index (χ2n) is 4.60. The van der Waals surface area contributed by atoms with Gasteiger partial charge in [0.25, 0.3) is 5.91 Å². The Balaban J connectivity index is 2.00. The lowest BCUT2D eigenvalue weighted by atomic mass is 10.1. The van der Waals surface area contributed by atoms with E-state index < -0.39 is 5.97 Å². The summed E-state index contributed by atoms with van der Waals surface area (Å²) < 4.78 is 1.82. The summed E-state index contributed by atoms with van der Waals surface area (Å²) in [6, 6.07) is 10.1. The minimum absolute atomic E-state index is 0.150. The number of amides is 1. The molecule has 0 unspecified atom stereocenters.